The van der Waals surface area contributed by atoms with E-state index in [-0.39, 0.29) is 16.4 Å². The first-order valence-electron chi connectivity index (χ1n) is 5.67. The van der Waals surface area contributed by atoms with Crippen molar-refractivity contribution in [3.8, 4) is 0 Å². The molecule has 0 saturated heterocycles. The summed E-state index contributed by atoms with van der Waals surface area (Å²) < 4.78 is 37.9. The molecule has 0 aliphatic carbocycles. The van der Waals surface area contributed by atoms with Crippen molar-refractivity contribution in [2.75, 3.05) is 11.1 Å². The number of benzene rings is 1. The minimum atomic E-state index is -4.52. The quantitative estimate of drug-likeness (QED) is 0.890. The molecule has 1 aromatic heterocycles. The van der Waals surface area contributed by atoms with Crippen LogP contribution in [0.5, 0.6) is 0 Å². The standard InChI is InChI=1S/C13H9ClF3N3O/c14-9-3-1-7(13(15,16)17)5-11(9)20-12(21)10-4-2-8(18)6-19-10/h1-6H,18H2,(H,20,21). The van der Waals surface area contributed by atoms with Gasteiger partial charge in [-0.25, -0.2) is 4.98 Å². The maximum atomic E-state index is 12.6. The van der Waals surface area contributed by atoms with Gasteiger partial charge in [0.2, 0.25) is 0 Å². The van der Waals surface area contributed by atoms with E-state index in [1.54, 1.807) is 0 Å². The fourth-order valence-corrected chi connectivity index (χ4v) is 1.69. The number of anilines is 2. The summed E-state index contributed by atoms with van der Waals surface area (Å²) in [5.74, 6) is -0.684. The highest BCUT2D eigenvalue weighted by Crippen LogP contribution is 2.33. The third kappa shape index (κ3) is 3.63. The molecule has 0 aliphatic rings. The summed E-state index contributed by atoms with van der Waals surface area (Å²) in [7, 11) is 0. The molecule has 3 N–H and O–H groups in total. The summed E-state index contributed by atoms with van der Waals surface area (Å²) in [4.78, 5) is 15.7. The van der Waals surface area contributed by atoms with Crippen LogP contribution < -0.4 is 11.1 Å². The Labute approximate surface area is 122 Å². The van der Waals surface area contributed by atoms with Gasteiger partial charge >= 0.3 is 6.18 Å². The van der Waals surface area contributed by atoms with E-state index in [0.29, 0.717) is 5.69 Å². The maximum absolute atomic E-state index is 12.6. The van der Waals surface area contributed by atoms with E-state index in [0.717, 1.165) is 18.2 Å². The number of amides is 1. The second-order valence-electron chi connectivity index (χ2n) is 4.12. The predicted octanol–water partition coefficient (Wildman–Crippen LogP) is 3.59. The van der Waals surface area contributed by atoms with Crippen molar-refractivity contribution in [1.82, 2.24) is 4.98 Å². The molecule has 0 aliphatic heterocycles. The van der Waals surface area contributed by atoms with Crippen molar-refractivity contribution in [3.05, 3.63) is 52.8 Å². The minimum absolute atomic E-state index is 0.00760. The number of nitrogens with zero attached hydrogens (tertiary/aromatic N) is 1. The average Bonchev–Trinajstić information content (AvgIpc) is 2.40. The zero-order chi connectivity index (χ0) is 15.6. The van der Waals surface area contributed by atoms with Crippen molar-refractivity contribution in [1.29, 1.82) is 0 Å². The van der Waals surface area contributed by atoms with E-state index in [4.69, 9.17) is 17.3 Å². The van der Waals surface area contributed by atoms with Gasteiger partial charge < -0.3 is 11.1 Å². The molecule has 0 saturated carbocycles. The summed E-state index contributed by atoms with van der Waals surface area (Å²) in [5.41, 5.74) is 4.75. The third-order valence-electron chi connectivity index (χ3n) is 2.56. The highest BCUT2D eigenvalue weighted by molar-refractivity contribution is 6.33. The second-order valence-corrected chi connectivity index (χ2v) is 4.53. The average molecular weight is 316 g/mol. The van der Waals surface area contributed by atoms with Crippen LogP contribution in [0, 0.1) is 0 Å². The topological polar surface area (TPSA) is 68.0 Å². The Morgan fingerprint density at radius 1 is 1.24 bits per heavy atom. The zero-order valence-corrected chi connectivity index (χ0v) is 11.2. The molecule has 110 valence electrons. The number of carbonyl (C=O) groups excluding carboxylic acids is 1. The second kappa shape index (κ2) is 5.61. The molecule has 0 fully saturated rings. The molecule has 0 spiro atoms. The largest absolute Gasteiger partial charge is 0.416 e. The van der Waals surface area contributed by atoms with E-state index >= 15 is 0 Å². The Morgan fingerprint density at radius 3 is 2.52 bits per heavy atom. The number of pyridine rings is 1. The fraction of sp³-hybridized carbons (Fsp3) is 0.0769. The predicted molar refractivity (Wildman–Crippen MR) is 73.1 cm³/mol. The normalized spacial score (nSPS) is 11.2. The lowest BCUT2D eigenvalue weighted by Gasteiger charge is -2.11. The van der Waals surface area contributed by atoms with E-state index in [2.05, 4.69) is 10.3 Å². The first-order valence-corrected chi connectivity index (χ1v) is 6.05. The van der Waals surface area contributed by atoms with Crippen LogP contribution in [0.2, 0.25) is 5.02 Å². The Bertz CT molecular complexity index is 671. The van der Waals surface area contributed by atoms with Crippen LogP contribution in [0.15, 0.2) is 36.5 Å². The van der Waals surface area contributed by atoms with Gasteiger partial charge in [-0.2, -0.15) is 13.2 Å². The Balaban J connectivity index is 2.26. The number of halogens is 4. The highest BCUT2D eigenvalue weighted by Gasteiger charge is 2.31. The van der Waals surface area contributed by atoms with Gasteiger partial charge in [0, 0.05) is 0 Å². The van der Waals surface area contributed by atoms with Gasteiger partial charge in [0.05, 0.1) is 28.2 Å². The van der Waals surface area contributed by atoms with Crippen molar-refractivity contribution in [2.45, 2.75) is 6.18 Å². The van der Waals surface area contributed by atoms with E-state index in [1.807, 2.05) is 0 Å². The third-order valence-corrected chi connectivity index (χ3v) is 2.89. The zero-order valence-electron chi connectivity index (χ0n) is 10.4. The smallest absolute Gasteiger partial charge is 0.397 e. The number of nitrogens with one attached hydrogen (secondary N) is 1. The van der Waals surface area contributed by atoms with Gasteiger partial charge in [-0.1, -0.05) is 11.6 Å². The van der Waals surface area contributed by atoms with Gasteiger partial charge in [-0.15, -0.1) is 0 Å². The molecule has 0 unspecified atom stereocenters. The summed E-state index contributed by atoms with van der Waals surface area (Å²) >= 11 is 5.78. The molecule has 1 aromatic carbocycles. The molecule has 0 bridgehead atoms. The molecular weight excluding hydrogens is 307 g/mol. The lowest BCUT2D eigenvalue weighted by Crippen LogP contribution is -2.15. The number of alkyl halides is 3. The van der Waals surface area contributed by atoms with Crippen LogP contribution in [-0.2, 0) is 6.18 Å². The van der Waals surface area contributed by atoms with Crippen LogP contribution >= 0.6 is 11.6 Å². The van der Waals surface area contributed by atoms with Gasteiger partial charge in [0.25, 0.3) is 5.91 Å². The van der Waals surface area contributed by atoms with Crippen molar-refractivity contribution in [3.63, 3.8) is 0 Å². The van der Waals surface area contributed by atoms with E-state index < -0.39 is 17.6 Å². The number of aromatic nitrogens is 1. The van der Waals surface area contributed by atoms with Crippen LogP contribution in [0.25, 0.3) is 0 Å². The SMILES string of the molecule is Nc1ccc(C(=O)Nc2cc(C(F)(F)F)ccc2Cl)nc1. The first kappa shape index (κ1) is 15.1. The molecule has 0 radical (unpaired) electrons. The molecule has 0 atom stereocenters. The van der Waals surface area contributed by atoms with E-state index in [1.165, 1.54) is 18.3 Å². The van der Waals surface area contributed by atoms with Crippen LogP contribution in [0.1, 0.15) is 16.1 Å². The lowest BCUT2D eigenvalue weighted by atomic mass is 10.2. The fourth-order valence-electron chi connectivity index (χ4n) is 1.52. The van der Waals surface area contributed by atoms with Gasteiger partial charge in [0.1, 0.15) is 5.69 Å². The van der Waals surface area contributed by atoms with Crippen LogP contribution in [-0.4, -0.2) is 10.9 Å². The molecule has 1 heterocycles. The molecule has 1 amide bonds. The molecule has 4 nitrogen and oxygen atoms in total. The van der Waals surface area contributed by atoms with Crippen molar-refractivity contribution < 1.29 is 18.0 Å². The van der Waals surface area contributed by atoms with Gasteiger partial charge in [-0.05, 0) is 30.3 Å². The molecular formula is C13H9ClF3N3O. The van der Waals surface area contributed by atoms with Gasteiger partial charge in [0.15, 0.2) is 0 Å². The number of nitrogens with two attached hydrogens (primary N) is 1. The lowest BCUT2D eigenvalue weighted by molar-refractivity contribution is -0.137. The summed E-state index contributed by atoms with van der Waals surface area (Å²) in [6.07, 6.45) is -3.26. The molecule has 21 heavy (non-hydrogen) atoms. The number of carbonyl (C=O) groups is 1. The molecule has 2 aromatic rings. The number of nitrogen functional groups attached to an aromatic ring is 1. The van der Waals surface area contributed by atoms with Crippen LogP contribution in [0.3, 0.4) is 0 Å². The summed E-state index contributed by atoms with van der Waals surface area (Å²) in [6, 6.07) is 5.47. The first-order chi connectivity index (χ1) is 9.77. The minimum Gasteiger partial charge on any atom is -0.397 e. The number of hydrogen-bond donors (Lipinski definition) is 2. The van der Waals surface area contributed by atoms with Gasteiger partial charge in [-0.3, -0.25) is 4.79 Å². The van der Waals surface area contributed by atoms with E-state index in [9.17, 15) is 18.0 Å². The summed E-state index contributed by atoms with van der Waals surface area (Å²) in [6.45, 7) is 0. The highest BCUT2D eigenvalue weighted by atomic mass is 35.5. The summed E-state index contributed by atoms with van der Waals surface area (Å²) in [5, 5.41) is 2.28. The Hall–Kier alpha value is -2.28. The molecule has 8 heteroatoms. The monoisotopic (exact) mass is 315 g/mol. The molecule has 2 rings (SSSR count). The number of rotatable bonds is 2. The number of hydrogen-bond acceptors (Lipinski definition) is 3. The van der Waals surface area contributed by atoms with Crippen LogP contribution in [0.4, 0.5) is 24.5 Å². The van der Waals surface area contributed by atoms with Crippen molar-refractivity contribution in [2.24, 2.45) is 0 Å². The maximum Gasteiger partial charge on any atom is 0.416 e. The van der Waals surface area contributed by atoms with Crippen molar-refractivity contribution >= 4 is 28.9 Å². The Kier molecular flexibility index (Phi) is 4.04. The Morgan fingerprint density at radius 2 is 1.95 bits per heavy atom.